The van der Waals surface area contributed by atoms with Gasteiger partial charge in [-0.15, -0.1) is 0 Å². The number of aryl methyl sites for hydroxylation is 1. The SMILES string of the molecule is CC(C)c1cncc2c1N(C(C)C)CCCC2. The van der Waals surface area contributed by atoms with Gasteiger partial charge in [-0.2, -0.15) is 0 Å². The molecule has 17 heavy (non-hydrogen) atoms. The number of fused-ring (bicyclic) bond motifs is 1. The summed E-state index contributed by atoms with van der Waals surface area (Å²) in [7, 11) is 0. The highest BCUT2D eigenvalue weighted by molar-refractivity contribution is 5.60. The largest absolute Gasteiger partial charge is 0.369 e. The van der Waals surface area contributed by atoms with Crippen molar-refractivity contribution in [2.75, 3.05) is 11.4 Å². The Morgan fingerprint density at radius 1 is 1.12 bits per heavy atom. The molecule has 0 amide bonds. The maximum absolute atomic E-state index is 4.43. The van der Waals surface area contributed by atoms with Crippen molar-refractivity contribution in [3.63, 3.8) is 0 Å². The normalized spacial score (nSPS) is 16.2. The predicted molar refractivity (Wildman–Crippen MR) is 73.7 cm³/mol. The van der Waals surface area contributed by atoms with E-state index in [1.54, 1.807) is 0 Å². The second kappa shape index (κ2) is 5.07. The Kier molecular flexibility index (Phi) is 3.70. The highest BCUT2D eigenvalue weighted by Gasteiger charge is 2.22. The van der Waals surface area contributed by atoms with Gasteiger partial charge in [0, 0.05) is 30.7 Å². The Morgan fingerprint density at radius 2 is 1.88 bits per heavy atom. The van der Waals surface area contributed by atoms with Gasteiger partial charge in [0.25, 0.3) is 0 Å². The molecule has 1 aliphatic heterocycles. The molecular weight excluding hydrogens is 208 g/mol. The molecule has 0 bridgehead atoms. The van der Waals surface area contributed by atoms with Gasteiger partial charge in [0.15, 0.2) is 0 Å². The van der Waals surface area contributed by atoms with Crippen LogP contribution in [0.1, 0.15) is 57.6 Å². The summed E-state index contributed by atoms with van der Waals surface area (Å²) < 4.78 is 0. The molecule has 2 heteroatoms. The van der Waals surface area contributed by atoms with Crippen LogP contribution in [-0.4, -0.2) is 17.6 Å². The zero-order valence-corrected chi connectivity index (χ0v) is 11.5. The molecule has 1 aliphatic rings. The summed E-state index contributed by atoms with van der Waals surface area (Å²) in [6.45, 7) is 10.3. The molecule has 0 radical (unpaired) electrons. The summed E-state index contributed by atoms with van der Waals surface area (Å²) in [4.78, 5) is 7.00. The molecule has 2 rings (SSSR count). The van der Waals surface area contributed by atoms with E-state index in [1.165, 1.54) is 42.6 Å². The van der Waals surface area contributed by atoms with Crippen molar-refractivity contribution in [2.24, 2.45) is 0 Å². The van der Waals surface area contributed by atoms with E-state index >= 15 is 0 Å². The third-order valence-electron chi connectivity index (χ3n) is 3.65. The van der Waals surface area contributed by atoms with Crippen molar-refractivity contribution in [3.05, 3.63) is 23.5 Å². The first-order valence-corrected chi connectivity index (χ1v) is 6.84. The maximum Gasteiger partial charge on any atom is 0.0467 e. The molecule has 0 fully saturated rings. The summed E-state index contributed by atoms with van der Waals surface area (Å²) in [5, 5.41) is 0. The van der Waals surface area contributed by atoms with Gasteiger partial charge in [-0.1, -0.05) is 13.8 Å². The van der Waals surface area contributed by atoms with Crippen LogP contribution < -0.4 is 4.90 Å². The number of nitrogens with zero attached hydrogens (tertiary/aromatic N) is 2. The number of hydrogen-bond acceptors (Lipinski definition) is 2. The van der Waals surface area contributed by atoms with Gasteiger partial charge < -0.3 is 4.90 Å². The van der Waals surface area contributed by atoms with E-state index in [0.717, 1.165) is 0 Å². The zero-order valence-electron chi connectivity index (χ0n) is 11.5. The molecule has 94 valence electrons. The molecule has 0 spiro atoms. The lowest BCUT2D eigenvalue weighted by molar-refractivity contribution is 0.648. The number of pyridine rings is 1. The van der Waals surface area contributed by atoms with Gasteiger partial charge in [-0.3, -0.25) is 4.98 Å². The smallest absolute Gasteiger partial charge is 0.0467 e. The van der Waals surface area contributed by atoms with Gasteiger partial charge in [0.1, 0.15) is 0 Å². The number of rotatable bonds is 2. The van der Waals surface area contributed by atoms with E-state index in [4.69, 9.17) is 0 Å². The van der Waals surface area contributed by atoms with Crippen molar-refractivity contribution < 1.29 is 0 Å². The van der Waals surface area contributed by atoms with Crippen LogP contribution in [0.25, 0.3) is 0 Å². The summed E-state index contributed by atoms with van der Waals surface area (Å²) in [6.07, 6.45) is 7.90. The fraction of sp³-hybridized carbons (Fsp3) is 0.667. The molecule has 0 saturated heterocycles. The van der Waals surface area contributed by atoms with Crippen LogP contribution >= 0.6 is 0 Å². The average Bonchev–Trinajstić information content (AvgIpc) is 2.50. The lowest BCUT2D eigenvalue weighted by Gasteiger charge is -2.32. The van der Waals surface area contributed by atoms with E-state index in [0.29, 0.717) is 12.0 Å². The van der Waals surface area contributed by atoms with Crippen molar-refractivity contribution >= 4 is 5.69 Å². The lowest BCUT2D eigenvalue weighted by Crippen LogP contribution is -2.32. The van der Waals surface area contributed by atoms with E-state index in [2.05, 4.69) is 50.0 Å². The number of anilines is 1. The van der Waals surface area contributed by atoms with E-state index < -0.39 is 0 Å². The van der Waals surface area contributed by atoms with E-state index in [9.17, 15) is 0 Å². The number of aromatic nitrogens is 1. The molecule has 0 saturated carbocycles. The summed E-state index contributed by atoms with van der Waals surface area (Å²) in [5.41, 5.74) is 4.34. The molecule has 0 aliphatic carbocycles. The predicted octanol–water partition coefficient (Wildman–Crippen LogP) is 3.76. The third kappa shape index (κ3) is 2.46. The molecule has 2 nitrogen and oxygen atoms in total. The zero-order chi connectivity index (χ0) is 12.4. The van der Waals surface area contributed by atoms with Crippen LogP contribution in [0.5, 0.6) is 0 Å². The van der Waals surface area contributed by atoms with Crippen LogP contribution in [0.4, 0.5) is 5.69 Å². The molecule has 0 unspecified atom stereocenters. The first-order valence-electron chi connectivity index (χ1n) is 6.84. The fourth-order valence-electron chi connectivity index (χ4n) is 2.70. The van der Waals surface area contributed by atoms with Crippen molar-refractivity contribution in [2.45, 2.75) is 58.9 Å². The quantitative estimate of drug-likeness (QED) is 0.772. The first kappa shape index (κ1) is 12.4. The Hall–Kier alpha value is -1.05. The van der Waals surface area contributed by atoms with Crippen molar-refractivity contribution in [3.8, 4) is 0 Å². The lowest BCUT2D eigenvalue weighted by atomic mass is 9.98. The van der Waals surface area contributed by atoms with Gasteiger partial charge in [-0.05, 0) is 50.2 Å². The maximum atomic E-state index is 4.43. The minimum atomic E-state index is 0.553. The second-order valence-electron chi connectivity index (χ2n) is 5.64. The van der Waals surface area contributed by atoms with Crippen LogP contribution in [0, 0.1) is 0 Å². The van der Waals surface area contributed by atoms with Crippen molar-refractivity contribution in [1.82, 2.24) is 4.98 Å². The highest BCUT2D eigenvalue weighted by Crippen LogP contribution is 2.34. The minimum absolute atomic E-state index is 0.553. The van der Waals surface area contributed by atoms with Gasteiger partial charge in [0.05, 0.1) is 0 Å². The second-order valence-corrected chi connectivity index (χ2v) is 5.64. The first-order chi connectivity index (χ1) is 8.11. The molecule has 1 aromatic rings. The number of hydrogen-bond donors (Lipinski definition) is 0. The Bertz CT molecular complexity index is 383. The molecule has 2 heterocycles. The van der Waals surface area contributed by atoms with Gasteiger partial charge in [0.2, 0.25) is 0 Å². The molecule has 0 N–H and O–H groups in total. The van der Waals surface area contributed by atoms with Crippen LogP contribution in [0.15, 0.2) is 12.4 Å². The van der Waals surface area contributed by atoms with Gasteiger partial charge >= 0.3 is 0 Å². The van der Waals surface area contributed by atoms with Gasteiger partial charge in [-0.25, -0.2) is 0 Å². The summed E-state index contributed by atoms with van der Waals surface area (Å²) in [5.74, 6) is 0.553. The highest BCUT2D eigenvalue weighted by atomic mass is 15.2. The van der Waals surface area contributed by atoms with Crippen LogP contribution in [-0.2, 0) is 6.42 Å². The summed E-state index contributed by atoms with van der Waals surface area (Å²) in [6, 6.07) is 0.576. The van der Waals surface area contributed by atoms with Crippen molar-refractivity contribution in [1.29, 1.82) is 0 Å². The Labute approximate surface area is 105 Å². The van der Waals surface area contributed by atoms with Crippen LogP contribution in [0.2, 0.25) is 0 Å². The standard InChI is InChI=1S/C15H24N2/c1-11(2)14-10-16-9-13-7-5-6-8-17(12(3)4)15(13)14/h9-12H,5-8H2,1-4H3. The molecule has 1 aromatic heterocycles. The average molecular weight is 232 g/mol. The van der Waals surface area contributed by atoms with E-state index in [1.807, 2.05) is 0 Å². The van der Waals surface area contributed by atoms with Crippen LogP contribution in [0.3, 0.4) is 0 Å². The summed E-state index contributed by atoms with van der Waals surface area (Å²) >= 11 is 0. The molecular formula is C15H24N2. The monoisotopic (exact) mass is 232 g/mol. The fourth-order valence-corrected chi connectivity index (χ4v) is 2.70. The Morgan fingerprint density at radius 3 is 2.53 bits per heavy atom. The Balaban J connectivity index is 2.52. The molecule has 0 atom stereocenters. The third-order valence-corrected chi connectivity index (χ3v) is 3.65. The topological polar surface area (TPSA) is 16.1 Å². The minimum Gasteiger partial charge on any atom is -0.369 e. The molecule has 0 aromatic carbocycles. The van der Waals surface area contributed by atoms with E-state index in [-0.39, 0.29) is 0 Å².